The van der Waals surface area contributed by atoms with Gasteiger partial charge in [-0.2, -0.15) is 0 Å². The smallest absolute Gasteiger partial charge is 0.227 e. The fourth-order valence-electron chi connectivity index (χ4n) is 1.50. The number of methoxy groups -OCH3 is 1. The lowest BCUT2D eigenvalue weighted by atomic mass is 10.1. The quantitative estimate of drug-likeness (QED) is 0.504. The number of carbonyl (C=O) groups is 2. The molecule has 0 aliphatic rings. The van der Waals surface area contributed by atoms with E-state index >= 15 is 0 Å². The van der Waals surface area contributed by atoms with Crippen molar-refractivity contribution < 1.29 is 14.3 Å². The van der Waals surface area contributed by atoms with Crippen LogP contribution in [0.3, 0.4) is 0 Å². The number of Topliss-reactive ketones (excluding diaryl/α,β-unsaturated/α-hetero) is 1. The van der Waals surface area contributed by atoms with Gasteiger partial charge in [0, 0.05) is 5.56 Å². The van der Waals surface area contributed by atoms with E-state index in [4.69, 9.17) is 10.5 Å². The Hall–Kier alpha value is -1.10. The molecular weight excluding hydrogens is 422 g/mol. The number of nitrogens with two attached hydrogens (primary N) is 1. The van der Waals surface area contributed by atoms with E-state index in [1.807, 2.05) is 0 Å². The summed E-state index contributed by atoms with van der Waals surface area (Å²) in [6, 6.07) is 5.20. The van der Waals surface area contributed by atoms with E-state index in [-0.39, 0.29) is 17.3 Å². The van der Waals surface area contributed by atoms with Crippen molar-refractivity contribution in [1.29, 1.82) is 0 Å². The Morgan fingerprint density at radius 1 is 1.26 bits per heavy atom. The van der Waals surface area contributed by atoms with E-state index in [1.54, 1.807) is 25.3 Å². The summed E-state index contributed by atoms with van der Waals surface area (Å²) in [5.41, 5.74) is 5.67. The number of ketones is 1. The highest BCUT2D eigenvalue weighted by Gasteiger charge is 2.12. The molecule has 0 bridgehead atoms. The molecule has 0 fully saturated rings. The van der Waals surface area contributed by atoms with Crippen LogP contribution in [0.1, 0.15) is 10.4 Å². The van der Waals surface area contributed by atoms with Crippen molar-refractivity contribution in [3.63, 3.8) is 0 Å². The number of benzene rings is 1. The van der Waals surface area contributed by atoms with Gasteiger partial charge in [0.05, 0.1) is 23.1 Å². The summed E-state index contributed by atoms with van der Waals surface area (Å²) in [5.74, 6) is 0.681. The van der Waals surface area contributed by atoms with Crippen molar-refractivity contribution in [2.75, 3.05) is 18.6 Å². The Labute approximate surface area is 153 Å². The van der Waals surface area contributed by atoms with Crippen LogP contribution in [0.25, 0.3) is 0 Å². The molecule has 0 saturated heterocycles. The molecule has 0 saturated carbocycles. The van der Waals surface area contributed by atoms with Gasteiger partial charge in [-0.1, -0.05) is 34.9 Å². The molecule has 1 aromatic carbocycles. The van der Waals surface area contributed by atoms with Crippen LogP contribution in [0.2, 0.25) is 0 Å². The molecule has 122 valence electrons. The molecule has 2 N–H and O–H groups in total. The van der Waals surface area contributed by atoms with E-state index in [0.717, 1.165) is 4.47 Å². The molecule has 1 amide bonds. The predicted octanol–water partition coefficient (Wildman–Crippen LogP) is 2.86. The number of nitrogens with zero attached hydrogens (tertiary/aromatic N) is 2. The lowest BCUT2D eigenvalue weighted by Crippen LogP contribution is -2.12. The van der Waals surface area contributed by atoms with E-state index < -0.39 is 5.91 Å². The Kier molecular flexibility index (Phi) is 6.88. The second-order valence-electron chi connectivity index (χ2n) is 4.15. The summed E-state index contributed by atoms with van der Waals surface area (Å²) in [5, 5.41) is 7.92. The Balaban J connectivity index is 1.91. The van der Waals surface area contributed by atoms with Gasteiger partial charge in [0.2, 0.25) is 5.91 Å². The summed E-state index contributed by atoms with van der Waals surface area (Å²) >= 11 is 7.25. The fraction of sp³-hybridized carbons (Fsp3) is 0.231. The van der Waals surface area contributed by atoms with Gasteiger partial charge >= 0.3 is 0 Å². The summed E-state index contributed by atoms with van der Waals surface area (Å²) < 4.78 is 7.21. The lowest BCUT2D eigenvalue weighted by molar-refractivity contribution is -0.115. The van der Waals surface area contributed by atoms with Crippen molar-refractivity contribution in [3.05, 3.63) is 28.2 Å². The van der Waals surface area contributed by atoms with Gasteiger partial charge in [-0.05, 0) is 34.1 Å². The topological polar surface area (TPSA) is 95.2 Å². The third-order valence-corrected chi connectivity index (χ3v) is 6.36. The number of ether oxygens (including phenoxy) is 1. The van der Waals surface area contributed by atoms with Crippen LogP contribution in [0, 0.1) is 0 Å². The third-order valence-electron chi connectivity index (χ3n) is 2.53. The van der Waals surface area contributed by atoms with Gasteiger partial charge in [-0.3, -0.25) is 9.59 Å². The molecule has 2 aromatic rings. The number of primary amides is 1. The molecule has 10 heteroatoms. The van der Waals surface area contributed by atoms with Gasteiger partial charge < -0.3 is 10.5 Å². The van der Waals surface area contributed by atoms with Crippen LogP contribution in [0.15, 0.2) is 31.4 Å². The van der Waals surface area contributed by atoms with Crippen LogP contribution in [-0.2, 0) is 4.79 Å². The van der Waals surface area contributed by atoms with E-state index in [2.05, 4.69) is 26.1 Å². The maximum atomic E-state index is 12.2. The van der Waals surface area contributed by atoms with E-state index in [0.29, 0.717) is 20.0 Å². The molecule has 1 heterocycles. The minimum atomic E-state index is -0.403. The Morgan fingerprint density at radius 3 is 2.48 bits per heavy atom. The van der Waals surface area contributed by atoms with Gasteiger partial charge in [0.15, 0.2) is 14.5 Å². The minimum absolute atomic E-state index is 0.0140. The highest BCUT2D eigenvalue weighted by molar-refractivity contribution is 9.10. The number of aromatic nitrogens is 2. The summed E-state index contributed by atoms with van der Waals surface area (Å²) in [6.07, 6.45) is 0. The first-order valence-corrected chi connectivity index (χ1v) is 9.82. The third kappa shape index (κ3) is 5.48. The van der Waals surface area contributed by atoms with Crippen molar-refractivity contribution in [3.8, 4) is 5.75 Å². The van der Waals surface area contributed by atoms with Crippen LogP contribution < -0.4 is 10.5 Å². The zero-order valence-electron chi connectivity index (χ0n) is 11.9. The second-order valence-corrected chi connectivity index (χ2v) is 8.43. The first kappa shape index (κ1) is 18.2. The predicted molar refractivity (Wildman–Crippen MR) is 95.6 cm³/mol. The van der Waals surface area contributed by atoms with Gasteiger partial charge in [0.25, 0.3) is 0 Å². The maximum Gasteiger partial charge on any atom is 0.227 e. The summed E-state index contributed by atoms with van der Waals surface area (Å²) in [6.45, 7) is 0. The first-order valence-electron chi connectivity index (χ1n) is 6.23. The SMILES string of the molecule is COc1ccc(C(=O)CSc2nnc(SCC(N)=O)s2)cc1Br. The van der Waals surface area contributed by atoms with Gasteiger partial charge in [-0.15, -0.1) is 10.2 Å². The molecule has 0 unspecified atom stereocenters. The first-order chi connectivity index (χ1) is 11.0. The van der Waals surface area contributed by atoms with Crippen LogP contribution in [0.4, 0.5) is 0 Å². The van der Waals surface area contributed by atoms with E-state index in [1.165, 1.54) is 34.9 Å². The van der Waals surface area contributed by atoms with Gasteiger partial charge in [0.1, 0.15) is 5.75 Å². The van der Waals surface area contributed by atoms with E-state index in [9.17, 15) is 9.59 Å². The maximum absolute atomic E-state index is 12.2. The second kappa shape index (κ2) is 8.67. The molecular formula is C13H12BrN3O3S3. The molecule has 0 spiro atoms. The van der Waals surface area contributed by atoms with Crippen molar-refractivity contribution in [2.24, 2.45) is 5.73 Å². The van der Waals surface area contributed by atoms with Crippen LogP contribution >= 0.6 is 50.8 Å². The normalized spacial score (nSPS) is 10.5. The molecule has 0 atom stereocenters. The highest BCUT2D eigenvalue weighted by atomic mass is 79.9. The number of hydrogen-bond acceptors (Lipinski definition) is 8. The zero-order chi connectivity index (χ0) is 16.8. The molecule has 0 aliphatic carbocycles. The summed E-state index contributed by atoms with van der Waals surface area (Å²) in [7, 11) is 1.57. The number of thioether (sulfide) groups is 2. The van der Waals surface area contributed by atoms with Crippen LogP contribution in [-0.4, -0.2) is 40.5 Å². The summed E-state index contributed by atoms with van der Waals surface area (Å²) in [4.78, 5) is 22.9. The monoisotopic (exact) mass is 433 g/mol. The van der Waals surface area contributed by atoms with Crippen molar-refractivity contribution >= 4 is 62.5 Å². The molecule has 0 aliphatic heterocycles. The zero-order valence-corrected chi connectivity index (χ0v) is 16.0. The largest absolute Gasteiger partial charge is 0.496 e. The number of amides is 1. The number of rotatable bonds is 8. The van der Waals surface area contributed by atoms with Crippen LogP contribution in [0.5, 0.6) is 5.75 Å². The average molecular weight is 434 g/mol. The standard InChI is InChI=1S/C13H12BrN3O3S3/c1-20-10-3-2-7(4-8(10)14)9(18)5-21-12-16-17-13(23-12)22-6-11(15)19/h2-4H,5-6H2,1H3,(H2,15,19). The molecule has 2 rings (SSSR count). The number of hydrogen-bond donors (Lipinski definition) is 1. The highest BCUT2D eigenvalue weighted by Crippen LogP contribution is 2.30. The fourth-order valence-corrected chi connectivity index (χ4v) is 4.69. The number of carbonyl (C=O) groups excluding carboxylic acids is 2. The van der Waals surface area contributed by atoms with Gasteiger partial charge in [-0.25, -0.2) is 0 Å². The Bertz CT molecular complexity index is 723. The van der Waals surface area contributed by atoms with Crippen molar-refractivity contribution in [2.45, 2.75) is 8.68 Å². The lowest BCUT2D eigenvalue weighted by Gasteiger charge is -2.05. The minimum Gasteiger partial charge on any atom is -0.496 e. The average Bonchev–Trinajstić information content (AvgIpc) is 2.98. The molecule has 0 radical (unpaired) electrons. The number of halogens is 1. The molecule has 6 nitrogen and oxygen atoms in total. The molecule has 23 heavy (non-hydrogen) atoms. The molecule has 1 aromatic heterocycles. The Morgan fingerprint density at radius 2 is 1.91 bits per heavy atom. The van der Waals surface area contributed by atoms with Crippen molar-refractivity contribution in [1.82, 2.24) is 10.2 Å².